The maximum atomic E-state index is 12.2. The molecule has 1 aliphatic carbocycles. The van der Waals surface area contributed by atoms with Gasteiger partial charge in [0.15, 0.2) is 5.79 Å². The molecule has 1 N–H and O–H groups in total. The van der Waals surface area contributed by atoms with Crippen molar-refractivity contribution in [2.24, 2.45) is 0 Å². The average Bonchev–Trinajstić information content (AvgIpc) is 3.10. The Morgan fingerprint density at radius 1 is 1.29 bits per heavy atom. The lowest BCUT2D eigenvalue weighted by Crippen LogP contribution is -2.35. The van der Waals surface area contributed by atoms with Crippen molar-refractivity contribution < 1.29 is 14.3 Å². The summed E-state index contributed by atoms with van der Waals surface area (Å²) in [4.78, 5) is 12.2. The van der Waals surface area contributed by atoms with Gasteiger partial charge in [-0.25, -0.2) is 0 Å². The SMILES string of the molecule is Cc1ccc(C(=O)NC[C@H]2COC3(CCCC3)O2)cc1C. The van der Waals surface area contributed by atoms with Crippen LogP contribution in [-0.2, 0) is 9.47 Å². The van der Waals surface area contributed by atoms with E-state index in [-0.39, 0.29) is 17.8 Å². The third kappa shape index (κ3) is 3.11. The molecule has 1 spiro atoms. The summed E-state index contributed by atoms with van der Waals surface area (Å²) in [6, 6.07) is 5.77. The second-order valence-corrected chi connectivity index (χ2v) is 6.18. The molecule has 0 aromatic heterocycles. The standard InChI is InChI=1S/C17H23NO3/c1-12-5-6-14(9-13(12)2)16(19)18-10-15-11-20-17(21-15)7-3-4-8-17/h5-6,9,15H,3-4,7-8,10-11H2,1-2H3,(H,18,19)/t15-/m0/s1. The monoisotopic (exact) mass is 289 g/mol. The van der Waals surface area contributed by atoms with E-state index in [9.17, 15) is 4.79 Å². The Balaban J connectivity index is 1.53. The van der Waals surface area contributed by atoms with E-state index in [1.54, 1.807) is 0 Å². The van der Waals surface area contributed by atoms with Crippen molar-refractivity contribution in [3.63, 3.8) is 0 Å². The van der Waals surface area contributed by atoms with Crippen LogP contribution in [0.1, 0.15) is 47.2 Å². The van der Waals surface area contributed by atoms with Crippen LogP contribution >= 0.6 is 0 Å². The number of carbonyl (C=O) groups excluding carboxylic acids is 1. The van der Waals surface area contributed by atoms with Gasteiger partial charge in [-0.2, -0.15) is 0 Å². The highest BCUT2D eigenvalue weighted by Gasteiger charge is 2.43. The van der Waals surface area contributed by atoms with Gasteiger partial charge in [-0.15, -0.1) is 0 Å². The van der Waals surface area contributed by atoms with Crippen molar-refractivity contribution in [1.82, 2.24) is 5.32 Å². The van der Waals surface area contributed by atoms with Crippen molar-refractivity contribution in [2.45, 2.75) is 51.4 Å². The van der Waals surface area contributed by atoms with Gasteiger partial charge in [-0.3, -0.25) is 4.79 Å². The molecule has 1 aromatic rings. The lowest BCUT2D eigenvalue weighted by atomic mass is 10.1. The molecule has 0 bridgehead atoms. The van der Waals surface area contributed by atoms with Gasteiger partial charge in [-0.1, -0.05) is 6.07 Å². The second kappa shape index (κ2) is 5.78. The number of nitrogens with one attached hydrogen (secondary N) is 1. The summed E-state index contributed by atoms with van der Waals surface area (Å²) in [7, 11) is 0. The Morgan fingerprint density at radius 2 is 2.05 bits per heavy atom. The van der Waals surface area contributed by atoms with Crippen LogP contribution in [-0.4, -0.2) is 30.9 Å². The summed E-state index contributed by atoms with van der Waals surface area (Å²) in [5, 5.41) is 2.95. The highest BCUT2D eigenvalue weighted by Crippen LogP contribution is 2.38. The smallest absolute Gasteiger partial charge is 0.251 e. The van der Waals surface area contributed by atoms with E-state index < -0.39 is 0 Å². The van der Waals surface area contributed by atoms with Crippen LogP contribution in [0.15, 0.2) is 18.2 Å². The second-order valence-electron chi connectivity index (χ2n) is 6.18. The molecule has 1 aromatic carbocycles. The van der Waals surface area contributed by atoms with Crippen molar-refractivity contribution in [1.29, 1.82) is 0 Å². The Hall–Kier alpha value is -1.39. The summed E-state index contributed by atoms with van der Waals surface area (Å²) < 4.78 is 11.8. The van der Waals surface area contributed by atoms with Gasteiger partial charge in [0.05, 0.1) is 6.61 Å². The fraction of sp³-hybridized carbons (Fsp3) is 0.588. The van der Waals surface area contributed by atoms with E-state index in [0.717, 1.165) is 18.4 Å². The maximum Gasteiger partial charge on any atom is 0.251 e. The van der Waals surface area contributed by atoms with E-state index in [4.69, 9.17) is 9.47 Å². The van der Waals surface area contributed by atoms with Crippen LogP contribution in [0.5, 0.6) is 0 Å². The average molecular weight is 289 g/mol. The number of hydrogen-bond donors (Lipinski definition) is 1. The van der Waals surface area contributed by atoms with Crippen LogP contribution in [0.2, 0.25) is 0 Å². The molecule has 4 heteroatoms. The van der Waals surface area contributed by atoms with Crippen LogP contribution in [0, 0.1) is 13.8 Å². The molecule has 1 saturated heterocycles. The molecule has 2 fully saturated rings. The normalized spacial score (nSPS) is 23.6. The molecule has 0 unspecified atom stereocenters. The summed E-state index contributed by atoms with van der Waals surface area (Å²) in [6.07, 6.45) is 4.27. The van der Waals surface area contributed by atoms with E-state index >= 15 is 0 Å². The first-order chi connectivity index (χ1) is 10.1. The minimum absolute atomic E-state index is 0.0291. The van der Waals surface area contributed by atoms with E-state index in [1.807, 2.05) is 32.0 Å². The lowest BCUT2D eigenvalue weighted by molar-refractivity contribution is -0.161. The van der Waals surface area contributed by atoms with E-state index in [1.165, 1.54) is 18.4 Å². The number of aryl methyl sites for hydroxylation is 2. The van der Waals surface area contributed by atoms with Crippen molar-refractivity contribution in [3.8, 4) is 0 Å². The van der Waals surface area contributed by atoms with E-state index in [2.05, 4.69) is 5.32 Å². The van der Waals surface area contributed by atoms with Crippen LogP contribution < -0.4 is 5.32 Å². The van der Waals surface area contributed by atoms with Gasteiger partial charge in [0.1, 0.15) is 6.10 Å². The predicted molar refractivity (Wildman–Crippen MR) is 80.3 cm³/mol. The first kappa shape index (κ1) is 14.5. The number of benzene rings is 1. The molecule has 1 amide bonds. The Morgan fingerprint density at radius 3 is 2.76 bits per heavy atom. The molecular weight excluding hydrogens is 266 g/mol. The molecule has 3 rings (SSSR count). The van der Waals surface area contributed by atoms with E-state index in [0.29, 0.717) is 18.7 Å². The Labute approximate surface area is 125 Å². The summed E-state index contributed by atoms with van der Waals surface area (Å²) >= 11 is 0. The van der Waals surface area contributed by atoms with Crippen molar-refractivity contribution in [2.75, 3.05) is 13.2 Å². The maximum absolute atomic E-state index is 12.2. The molecule has 114 valence electrons. The zero-order chi connectivity index (χ0) is 14.9. The van der Waals surface area contributed by atoms with Crippen LogP contribution in [0.3, 0.4) is 0 Å². The number of rotatable bonds is 3. The molecule has 0 radical (unpaired) electrons. The third-order valence-electron chi connectivity index (χ3n) is 4.54. The summed E-state index contributed by atoms with van der Waals surface area (Å²) in [5.41, 5.74) is 3.03. The molecule has 2 aliphatic rings. The molecule has 1 atom stereocenters. The zero-order valence-electron chi connectivity index (χ0n) is 12.8. The molecule has 1 aliphatic heterocycles. The third-order valence-corrected chi connectivity index (χ3v) is 4.54. The molecule has 4 nitrogen and oxygen atoms in total. The Bertz CT molecular complexity index is 535. The number of carbonyl (C=O) groups is 1. The number of ether oxygens (including phenoxy) is 2. The first-order valence-electron chi connectivity index (χ1n) is 7.75. The fourth-order valence-electron chi connectivity index (χ4n) is 3.08. The van der Waals surface area contributed by atoms with Crippen molar-refractivity contribution >= 4 is 5.91 Å². The minimum Gasteiger partial charge on any atom is -0.349 e. The van der Waals surface area contributed by atoms with Gasteiger partial charge < -0.3 is 14.8 Å². The van der Waals surface area contributed by atoms with Gasteiger partial charge in [0, 0.05) is 24.9 Å². The summed E-state index contributed by atoms with van der Waals surface area (Å²) in [5.74, 6) is -0.399. The molecule has 21 heavy (non-hydrogen) atoms. The quantitative estimate of drug-likeness (QED) is 0.930. The van der Waals surface area contributed by atoms with Crippen molar-refractivity contribution in [3.05, 3.63) is 34.9 Å². The van der Waals surface area contributed by atoms with Gasteiger partial charge >= 0.3 is 0 Å². The highest BCUT2D eigenvalue weighted by atomic mass is 16.7. The van der Waals surface area contributed by atoms with Crippen LogP contribution in [0.4, 0.5) is 0 Å². The largest absolute Gasteiger partial charge is 0.349 e. The molecule has 1 heterocycles. The highest BCUT2D eigenvalue weighted by molar-refractivity contribution is 5.94. The molecule has 1 saturated carbocycles. The first-order valence-corrected chi connectivity index (χ1v) is 7.75. The topological polar surface area (TPSA) is 47.6 Å². The zero-order valence-corrected chi connectivity index (χ0v) is 12.8. The number of amides is 1. The lowest BCUT2D eigenvalue weighted by Gasteiger charge is -2.21. The number of hydrogen-bond acceptors (Lipinski definition) is 3. The minimum atomic E-state index is -0.351. The summed E-state index contributed by atoms with van der Waals surface area (Å²) in [6.45, 7) is 5.15. The fourth-order valence-corrected chi connectivity index (χ4v) is 3.08. The van der Waals surface area contributed by atoms with Crippen LogP contribution in [0.25, 0.3) is 0 Å². The molecular formula is C17H23NO3. The Kier molecular flexibility index (Phi) is 4.00. The predicted octanol–water partition coefficient (Wildman–Crippen LogP) is 2.72. The van der Waals surface area contributed by atoms with Gasteiger partial charge in [0.2, 0.25) is 0 Å². The van der Waals surface area contributed by atoms with Gasteiger partial charge in [0.25, 0.3) is 5.91 Å². The van der Waals surface area contributed by atoms with Gasteiger partial charge in [-0.05, 0) is 49.9 Å².